The lowest BCUT2D eigenvalue weighted by atomic mass is 9.89. The van der Waals surface area contributed by atoms with Crippen LogP contribution in [0.1, 0.15) is 23.2 Å². The highest BCUT2D eigenvalue weighted by molar-refractivity contribution is 6.00. The fraction of sp³-hybridized carbons (Fsp3) is 0.250. The van der Waals surface area contributed by atoms with Gasteiger partial charge in [0.05, 0.1) is 5.52 Å². The summed E-state index contributed by atoms with van der Waals surface area (Å²) in [4.78, 5) is 40.4. The summed E-state index contributed by atoms with van der Waals surface area (Å²) in [6, 6.07) is 13.9. The summed E-state index contributed by atoms with van der Waals surface area (Å²) in [5, 5.41) is 0. The average Bonchev–Trinajstić information content (AvgIpc) is 3.07. The Morgan fingerprint density at radius 2 is 1.81 bits per heavy atom. The molecule has 0 spiro atoms. The first-order valence-electron chi connectivity index (χ1n) is 8.79. The van der Waals surface area contributed by atoms with Crippen LogP contribution in [0.4, 0.5) is 4.79 Å². The first kappa shape index (κ1) is 17.1. The van der Waals surface area contributed by atoms with Crippen molar-refractivity contribution in [3.05, 3.63) is 64.6 Å². The number of aromatic nitrogens is 1. The molecular formula is C20H18N2O5. The van der Waals surface area contributed by atoms with Gasteiger partial charge in [-0.25, -0.2) is 9.59 Å². The van der Waals surface area contributed by atoms with Crippen molar-refractivity contribution in [3.63, 3.8) is 0 Å². The summed E-state index contributed by atoms with van der Waals surface area (Å²) in [7, 11) is 0. The van der Waals surface area contributed by atoms with Crippen LogP contribution >= 0.6 is 0 Å². The van der Waals surface area contributed by atoms with E-state index in [0.29, 0.717) is 48.3 Å². The van der Waals surface area contributed by atoms with Crippen LogP contribution < -0.4 is 10.5 Å². The maximum absolute atomic E-state index is 12.8. The minimum Gasteiger partial charge on any atom is -0.410 e. The second-order valence-corrected chi connectivity index (χ2v) is 6.53. The molecule has 0 atom stereocenters. The highest BCUT2D eigenvalue weighted by Gasteiger charge is 2.29. The molecule has 1 amide bonds. The minimum absolute atomic E-state index is 0.00294. The number of Topliss-reactive ketones (excluding diaryl/α,β-unsaturated/α-hetero) is 1. The van der Waals surface area contributed by atoms with Crippen LogP contribution in [-0.4, -0.2) is 34.8 Å². The standard InChI is InChI=1S/C20H18N2O5/c23-18(14-6-7-16-17(12-14)27-19(24)21-16)13-8-10-22(11-9-13)20(25)26-15-4-2-1-3-5-15/h1-7,12-13H,8-11H2,(H,21,24). The highest BCUT2D eigenvalue weighted by atomic mass is 16.6. The first-order valence-corrected chi connectivity index (χ1v) is 8.79. The van der Waals surface area contributed by atoms with Crippen molar-refractivity contribution in [1.29, 1.82) is 0 Å². The van der Waals surface area contributed by atoms with E-state index < -0.39 is 11.8 Å². The van der Waals surface area contributed by atoms with Gasteiger partial charge in [0.1, 0.15) is 5.75 Å². The number of likely N-dealkylation sites (tertiary alicyclic amines) is 1. The zero-order valence-electron chi connectivity index (χ0n) is 14.5. The lowest BCUT2D eigenvalue weighted by Gasteiger charge is -2.30. The van der Waals surface area contributed by atoms with Gasteiger partial charge in [-0.3, -0.25) is 9.78 Å². The Morgan fingerprint density at radius 3 is 2.56 bits per heavy atom. The van der Waals surface area contributed by atoms with Crippen molar-refractivity contribution in [2.75, 3.05) is 13.1 Å². The number of rotatable bonds is 3. The SMILES string of the molecule is O=C(c1ccc2[nH]c(=O)oc2c1)C1CCN(C(=O)Oc2ccccc2)CC1. The van der Waals surface area contributed by atoms with Gasteiger partial charge in [0, 0.05) is 24.6 Å². The van der Waals surface area contributed by atoms with E-state index in [2.05, 4.69) is 4.98 Å². The number of oxazole rings is 1. The Balaban J connectivity index is 1.38. The van der Waals surface area contributed by atoms with E-state index in [9.17, 15) is 14.4 Å². The lowest BCUT2D eigenvalue weighted by molar-refractivity contribution is 0.0829. The summed E-state index contributed by atoms with van der Waals surface area (Å²) >= 11 is 0. The van der Waals surface area contributed by atoms with Crippen LogP contribution in [0.5, 0.6) is 5.75 Å². The number of para-hydroxylation sites is 1. The van der Waals surface area contributed by atoms with E-state index in [-0.39, 0.29) is 11.7 Å². The zero-order chi connectivity index (χ0) is 18.8. The molecule has 0 unspecified atom stereocenters. The third kappa shape index (κ3) is 3.62. The topological polar surface area (TPSA) is 92.6 Å². The monoisotopic (exact) mass is 366 g/mol. The molecule has 1 saturated heterocycles. The van der Waals surface area contributed by atoms with Crippen LogP contribution in [0.3, 0.4) is 0 Å². The number of benzene rings is 2. The molecule has 1 aliphatic heterocycles. The smallest absolute Gasteiger partial charge is 0.410 e. The van der Waals surface area contributed by atoms with Crippen LogP contribution in [0.15, 0.2) is 57.7 Å². The van der Waals surface area contributed by atoms with Gasteiger partial charge in [0.25, 0.3) is 0 Å². The number of hydrogen-bond acceptors (Lipinski definition) is 5. The molecule has 1 aliphatic rings. The van der Waals surface area contributed by atoms with E-state index in [1.807, 2.05) is 6.07 Å². The molecule has 1 N–H and O–H groups in total. The van der Waals surface area contributed by atoms with Gasteiger partial charge in [-0.1, -0.05) is 18.2 Å². The van der Waals surface area contributed by atoms with Gasteiger partial charge >= 0.3 is 11.8 Å². The summed E-state index contributed by atoms with van der Waals surface area (Å²) < 4.78 is 10.4. The average molecular weight is 366 g/mol. The van der Waals surface area contributed by atoms with Crippen molar-refractivity contribution in [1.82, 2.24) is 9.88 Å². The van der Waals surface area contributed by atoms with Crippen molar-refractivity contribution < 1.29 is 18.7 Å². The summed E-state index contributed by atoms with van der Waals surface area (Å²) in [6.07, 6.45) is 0.734. The Labute approximate surface area is 154 Å². The molecule has 3 aromatic rings. The number of nitrogens with one attached hydrogen (secondary N) is 1. The third-order valence-electron chi connectivity index (χ3n) is 4.78. The summed E-state index contributed by atoms with van der Waals surface area (Å²) in [5.41, 5.74) is 1.44. The van der Waals surface area contributed by atoms with Gasteiger partial charge in [-0.05, 0) is 43.2 Å². The molecular weight excluding hydrogens is 348 g/mol. The van der Waals surface area contributed by atoms with E-state index in [1.54, 1.807) is 47.4 Å². The predicted molar refractivity (Wildman–Crippen MR) is 97.9 cm³/mol. The van der Waals surface area contributed by atoms with Gasteiger partial charge in [0.15, 0.2) is 11.4 Å². The number of hydrogen-bond donors (Lipinski definition) is 1. The number of aromatic amines is 1. The summed E-state index contributed by atoms with van der Waals surface area (Å²) in [5.74, 6) is -0.215. The van der Waals surface area contributed by atoms with E-state index in [1.165, 1.54) is 0 Å². The Morgan fingerprint density at radius 1 is 1.07 bits per heavy atom. The molecule has 7 nitrogen and oxygen atoms in total. The quantitative estimate of drug-likeness (QED) is 0.719. The van der Waals surface area contributed by atoms with Crippen molar-refractivity contribution >= 4 is 23.0 Å². The predicted octanol–water partition coefficient (Wildman–Crippen LogP) is 3.21. The zero-order valence-corrected chi connectivity index (χ0v) is 14.5. The Kier molecular flexibility index (Phi) is 4.50. The molecule has 1 aromatic heterocycles. The molecule has 27 heavy (non-hydrogen) atoms. The van der Waals surface area contributed by atoms with E-state index >= 15 is 0 Å². The minimum atomic E-state index is -0.542. The molecule has 0 aliphatic carbocycles. The highest BCUT2D eigenvalue weighted by Crippen LogP contribution is 2.24. The number of ether oxygens (including phenoxy) is 1. The third-order valence-corrected chi connectivity index (χ3v) is 4.78. The van der Waals surface area contributed by atoms with E-state index in [0.717, 1.165) is 0 Å². The number of H-pyrrole nitrogens is 1. The molecule has 0 bridgehead atoms. The fourth-order valence-corrected chi connectivity index (χ4v) is 3.31. The number of ketones is 1. The van der Waals surface area contributed by atoms with Gasteiger partial charge in [-0.2, -0.15) is 0 Å². The second kappa shape index (κ2) is 7.11. The number of fused-ring (bicyclic) bond motifs is 1. The maximum atomic E-state index is 12.8. The van der Waals surface area contributed by atoms with Crippen LogP contribution in [0, 0.1) is 5.92 Å². The van der Waals surface area contributed by atoms with Crippen LogP contribution in [-0.2, 0) is 0 Å². The number of carbonyl (C=O) groups is 2. The molecule has 2 heterocycles. The fourth-order valence-electron chi connectivity index (χ4n) is 3.31. The molecule has 7 heteroatoms. The number of nitrogens with zero attached hydrogens (tertiary/aromatic N) is 1. The normalized spacial score (nSPS) is 15.0. The molecule has 138 valence electrons. The number of amides is 1. The van der Waals surface area contributed by atoms with Crippen LogP contribution in [0.2, 0.25) is 0 Å². The number of carbonyl (C=O) groups excluding carboxylic acids is 2. The van der Waals surface area contributed by atoms with Crippen molar-refractivity contribution in [2.45, 2.75) is 12.8 Å². The maximum Gasteiger partial charge on any atom is 0.417 e. The molecule has 0 radical (unpaired) electrons. The Bertz CT molecular complexity index is 1030. The van der Waals surface area contributed by atoms with E-state index in [4.69, 9.17) is 9.15 Å². The first-order chi connectivity index (χ1) is 13.1. The second-order valence-electron chi connectivity index (χ2n) is 6.53. The largest absolute Gasteiger partial charge is 0.417 e. The lowest BCUT2D eigenvalue weighted by Crippen LogP contribution is -2.41. The van der Waals surface area contributed by atoms with Gasteiger partial charge in [-0.15, -0.1) is 0 Å². The van der Waals surface area contributed by atoms with Crippen molar-refractivity contribution in [2.24, 2.45) is 5.92 Å². The molecule has 4 rings (SSSR count). The van der Waals surface area contributed by atoms with Crippen LogP contribution in [0.25, 0.3) is 11.1 Å². The Hall–Kier alpha value is -3.35. The molecule has 1 fully saturated rings. The molecule has 0 saturated carbocycles. The molecule has 2 aromatic carbocycles. The van der Waals surface area contributed by atoms with Gasteiger partial charge in [0.2, 0.25) is 0 Å². The number of piperidine rings is 1. The van der Waals surface area contributed by atoms with Crippen molar-refractivity contribution in [3.8, 4) is 5.75 Å². The summed E-state index contributed by atoms with van der Waals surface area (Å²) in [6.45, 7) is 0.924. The van der Waals surface area contributed by atoms with Gasteiger partial charge < -0.3 is 14.1 Å².